The van der Waals surface area contributed by atoms with E-state index in [2.05, 4.69) is 19.7 Å². The Morgan fingerprint density at radius 3 is 2.94 bits per heavy atom. The number of esters is 1. The number of H-pyrrole nitrogens is 1. The number of methoxy groups -OCH3 is 1. The molecule has 2 rings (SSSR count). The van der Waals surface area contributed by atoms with Crippen LogP contribution in [-0.4, -0.2) is 28.0 Å². The molecule has 0 radical (unpaired) electrons. The number of nitrogens with zero attached hydrogens (tertiary/aromatic N) is 2. The Bertz CT molecular complexity index is 519. The Balaban J connectivity index is 2.35. The first-order valence-electron chi connectivity index (χ1n) is 4.78. The lowest BCUT2D eigenvalue weighted by molar-refractivity contribution is 0.0588. The Hall–Kier alpha value is -2.17. The molecule has 0 amide bonds. The zero-order chi connectivity index (χ0) is 11.5. The van der Waals surface area contributed by atoms with Crippen molar-refractivity contribution in [1.29, 1.82) is 0 Å². The zero-order valence-corrected chi connectivity index (χ0v) is 9.02. The minimum Gasteiger partial charge on any atom is -0.463 e. The van der Waals surface area contributed by atoms with Gasteiger partial charge in [-0.15, -0.1) is 0 Å². The van der Waals surface area contributed by atoms with Gasteiger partial charge in [0.1, 0.15) is 0 Å². The molecule has 0 aliphatic rings. The molecule has 0 aliphatic heterocycles. The molecule has 1 N–H and O–H groups in total. The molecule has 0 unspecified atom stereocenters. The van der Waals surface area contributed by atoms with E-state index < -0.39 is 5.97 Å². The van der Waals surface area contributed by atoms with Crippen LogP contribution in [0.3, 0.4) is 0 Å². The summed E-state index contributed by atoms with van der Waals surface area (Å²) >= 11 is 0. The van der Waals surface area contributed by atoms with Crippen LogP contribution in [0.15, 0.2) is 24.4 Å². The Morgan fingerprint density at radius 1 is 1.44 bits per heavy atom. The molecular formula is C11H11N3O2. The Morgan fingerprint density at radius 2 is 2.25 bits per heavy atom. The van der Waals surface area contributed by atoms with Crippen molar-refractivity contribution >= 4 is 5.97 Å². The smallest absolute Gasteiger partial charge is 0.374 e. The second kappa shape index (κ2) is 4.14. The molecule has 5 nitrogen and oxygen atoms in total. The average molecular weight is 217 g/mol. The fraction of sp³-hybridized carbons (Fsp3) is 0.182. The molecule has 0 spiro atoms. The van der Waals surface area contributed by atoms with Crippen LogP contribution in [0.25, 0.3) is 11.4 Å². The van der Waals surface area contributed by atoms with Crippen molar-refractivity contribution in [2.75, 3.05) is 7.11 Å². The van der Waals surface area contributed by atoms with Crippen molar-refractivity contribution in [3.63, 3.8) is 0 Å². The number of carbonyl (C=O) groups is 1. The minimum atomic E-state index is -0.487. The van der Waals surface area contributed by atoms with Gasteiger partial charge in [-0.3, -0.25) is 4.98 Å². The topological polar surface area (TPSA) is 67.9 Å². The fourth-order valence-corrected chi connectivity index (χ4v) is 1.34. The molecule has 0 bridgehead atoms. The van der Waals surface area contributed by atoms with Gasteiger partial charge in [0.05, 0.1) is 24.7 Å². The molecule has 2 aromatic rings. The first-order valence-corrected chi connectivity index (χ1v) is 4.78. The molecule has 0 saturated heterocycles. The number of aryl methyl sites for hydroxylation is 1. The van der Waals surface area contributed by atoms with Crippen LogP contribution in [-0.2, 0) is 4.74 Å². The molecule has 0 saturated carbocycles. The summed E-state index contributed by atoms with van der Waals surface area (Å²) in [5, 5.41) is 0. The van der Waals surface area contributed by atoms with Gasteiger partial charge in [0.15, 0.2) is 0 Å². The summed E-state index contributed by atoms with van der Waals surface area (Å²) in [5.74, 6) is -0.306. The van der Waals surface area contributed by atoms with Crippen LogP contribution in [0.1, 0.15) is 16.3 Å². The van der Waals surface area contributed by atoms with Gasteiger partial charge in [-0.05, 0) is 19.1 Å². The van der Waals surface area contributed by atoms with Gasteiger partial charge in [0.25, 0.3) is 0 Å². The van der Waals surface area contributed by atoms with Gasteiger partial charge in [-0.1, -0.05) is 6.07 Å². The van der Waals surface area contributed by atoms with E-state index in [0.717, 1.165) is 11.4 Å². The highest BCUT2D eigenvalue weighted by molar-refractivity contribution is 5.85. The summed E-state index contributed by atoms with van der Waals surface area (Å²) in [5.41, 5.74) is 2.36. The second-order valence-electron chi connectivity index (χ2n) is 3.30. The number of aromatic nitrogens is 3. The molecule has 5 heteroatoms. The number of hydrogen-bond acceptors (Lipinski definition) is 4. The Labute approximate surface area is 92.5 Å². The van der Waals surface area contributed by atoms with Crippen molar-refractivity contribution in [1.82, 2.24) is 15.0 Å². The molecule has 82 valence electrons. The second-order valence-corrected chi connectivity index (χ2v) is 3.30. The van der Waals surface area contributed by atoms with Crippen LogP contribution in [0, 0.1) is 6.92 Å². The van der Waals surface area contributed by atoms with Crippen molar-refractivity contribution in [2.24, 2.45) is 0 Å². The molecule has 16 heavy (non-hydrogen) atoms. The van der Waals surface area contributed by atoms with Crippen molar-refractivity contribution < 1.29 is 9.53 Å². The van der Waals surface area contributed by atoms with Gasteiger partial charge >= 0.3 is 5.97 Å². The Kier molecular flexibility index (Phi) is 2.68. The van der Waals surface area contributed by atoms with Gasteiger partial charge < -0.3 is 9.72 Å². The largest absolute Gasteiger partial charge is 0.463 e. The molecular weight excluding hydrogens is 206 g/mol. The number of aromatic amines is 1. The maximum absolute atomic E-state index is 11.2. The molecule has 2 aromatic heterocycles. The predicted octanol–water partition coefficient (Wildman–Crippen LogP) is 1.57. The summed E-state index contributed by atoms with van der Waals surface area (Å²) in [6.45, 7) is 1.90. The quantitative estimate of drug-likeness (QED) is 0.775. The van der Waals surface area contributed by atoms with Crippen molar-refractivity contribution in [3.8, 4) is 11.4 Å². The van der Waals surface area contributed by atoms with Gasteiger partial charge in [-0.25, -0.2) is 9.78 Å². The lowest BCUT2D eigenvalue weighted by atomic mass is 10.2. The lowest BCUT2D eigenvalue weighted by Gasteiger charge is -1.97. The maximum Gasteiger partial charge on any atom is 0.374 e. The summed E-state index contributed by atoms with van der Waals surface area (Å²) in [6.07, 6.45) is 1.56. The third-order valence-electron chi connectivity index (χ3n) is 2.12. The van der Waals surface area contributed by atoms with Crippen molar-refractivity contribution in [3.05, 3.63) is 35.9 Å². The normalized spacial score (nSPS) is 10.1. The summed E-state index contributed by atoms with van der Waals surface area (Å²) in [6, 6.07) is 5.65. The number of ether oxygens (including phenoxy) is 1. The number of rotatable bonds is 2. The first-order chi connectivity index (χ1) is 7.70. The number of nitrogens with one attached hydrogen (secondary N) is 1. The van der Waals surface area contributed by atoms with E-state index in [-0.39, 0.29) is 5.82 Å². The lowest BCUT2D eigenvalue weighted by Crippen LogP contribution is -2.03. The van der Waals surface area contributed by atoms with Crippen LogP contribution in [0.2, 0.25) is 0 Å². The number of imidazole rings is 1. The van der Waals surface area contributed by atoms with E-state index in [1.807, 2.05) is 25.1 Å². The molecule has 0 aromatic carbocycles. The molecule has 0 fully saturated rings. The van der Waals surface area contributed by atoms with Crippen LogP contribution in [0.4, 0.5) is 0 Å². The van der Waals surface area contributed by atoms with Crippen molar-refractivity contribution in [2.45, 2.75) is 6.92 Å². The van der Waals surface area contributed by atoms with Crippen LogP contribution in [0.5, 0.6) is 0 Å². The standard InChI is InChI=1S/C11H11N3O2/c1-7-4-3-5-8(13-7)9-6-12-10(14-9)11(15)16-2/h3-6H,1-2H3,(H,12,14). The minimum absolute atomic E-state index is 0.181. The molecule has 0 atom stereocenters. The van der Waals surface area contributed by atoms with Crippen LogP contribution >= 0.6 is 0 Å². The highest BCUT2D eigenvalue weighted by Crippen LogP contribution is 2.14. The van der Waals surface area contributed by atoms with E-state index in [1.54, 1.807) is 6.20 Å². The molecule has 2 heterocycles. The maximum atomic E-state index is 11.2. The summed E-state index contributed by atoms with van der Waals surface area (Å²) in [4.78, 5) is 22.3. The fourth-order valence-electron chi connectivity index (χ4n) is 1.34. The zero-order valence-electron chi connectivity index (χ0n) is 9.02. The summed E-state index contributed by atoms with van der Waals surface area (Å²) in [7, 11) is 1.31. The highest BCUT2D eigenvalue weighted by atomic mass is 16.5. The van der Waals surface area contributed by atoms with E-state index in [1.165, 1.54) is 7.11 Å². The molecule has 0 aliphatic carbocycles. The highest BCUT2D eigenvalue weighted by Gasteiger charge is 2.11. The van der Waals surface area contributed by atoms with Gasteiger partial charge in [-0.2, -0.15) is 0 Å². The first kappa shape index (κ1) is 10.4. The van der Waals surface area contributed by atoms with E-state index in [0.29, 0.717) is 5.69 Å². The predicted molar refractivity (Wildman–Crippen MR) is 57.9 cm³/mol. The number of pyridine rings is 1. The van der Waals surface area contributed by atoms with Crippen LogP contribution < -0.4 is 0 Å². The monoisotopic (exact) mass is 217 g/mol. The van der Waals surface area contributed by atoms with E-state index in [4.69, 9.17) is 0 Å². The van der Waals surface area contributed by atoms with E-state index >= 15 is 0 Å². The van der Waals surface area contributed by atoms with Gasteiger partial charge in [0.2, 0.25) is 5.82 Å². The van der Waals surface area contributed by atoms with E-state index in [9.17, 15) is 4.79 Å². The third-order valence-corrected chi connectivity index (χ3v) is 2.12. The SMILES string of the molecule is COC(=O)c1ncc(-c2cccc(C)n2)[nH]1. The number of hydrogen-bond donors (Lipinski definition) is 1. The number of carbonyl (C=O) groups excluding carboxylic acids is 1. The average Bonchev–Trinajstić information content (AvgIpc) is 2.77. The summed E-state index contributed by atoms with van der Waals surface area (Å²) < 4.78 is 4.56. The third kappa shape index (κ3) is 1.93. The van der Waals surface area contributed by atoms with Gasteiger partial charge in [0, 0.05) is 5.69 Å².